The molecule has 0 aromatic heterocycles. The molecule has 3 rings (SSSR count). The van der Waals surface area contributed by atoms with Crippen LogP contribution in [0.3, 0.4) is 0 Å². The first-order valence-electron chi connectivity index (χ1n) is 7.31. The molecule has 0 radical (unpaired) electrons. The third kappa shape index (κ3) is 3.39. The number of hydrogen-bond donors (Lipinski definition) is 2. The van der Waals surface area contributed by atoms with Crippen molar-refractivity contribution in [1.82, 2.24) is 10.2 Å². The molecule has 0 aliphatic carbocycles. The van der Waals surface area contributed by atoms with Gasteiger partial charge in [-0.3, -0.25) is 0 Å². The molecule has 0 spiro atoms. The van der Waals surface area contributed by atoms with Crippen molar-refractivity contribution in [3.05, 3.63) is 24.3 Å². The molecule has 1 aromatic rings. The van der Waals surface area contributed by atoms with Gasteiger partial charge in [0.25, 0.3) is 0 Å². The average molecular weight is 292 g/mol. The van der Waals surface area contributed by atoms with Crippen LogP contribution in [-0.4, -0.2) is 54.5 Å². The lowest BCUT2D eigenvalue weighted by molar-refractivity contribution is 0.0756. The van der Waals surface area contributed by atoms with Crippen molar-refractivity contribution in [1.29, 1.82) is 0 Å². The summed E-state index contributed by atoms with van der Waals surface area (Å²) in [6, 6.07) is 7.34. The summed E-state index contributed by atoms with van der Waals surface area (Å²) in [4.78, 5) is 13.7. The highest BCUT2D eigenvalue weighted by molar-refractivity contribution is 5.74. The summed E-state index contributed by atoms with van der Waals surface area (Å²) < 4.78 is 11.4. The van der Waals surface area contributed by atoms with Crippen LogP contribution >= 0.6 is 0 Å². The number of likely N-dealkylation sites (tertiary alicyclic amines) is 1. The summed E-state index contributed by atoms with van der Waals surface area (Å²) in [7, 11) is 0. The van der Waals surface area contributed by atoms with E-state index in [2.05, 4.69) is 5.32 Å². The predicted molar refractivity (Wildman–Crippen MR) is 76.6 cm³/mol. The minimum Gasteiger partial charge on any atom is -0.486 e. The summed E-state index contributed by atoms with van der Waals surface area (Å²) >= 11 is 0. The molecular formula is C15H20N2O4. The zero-order valence-corrected chi connectivity index (χ0v) is 11.8. The Morgan fingerprint density at radius 1 is 1.38 bits per heavy atom. The highest BCUT2D eigenvalue weighted by Crippen LogP contribution is 2.30. The van der Waals surface area contributed by atoms with Crippen molar-refractivity contribution in [2.24, 2.45) is 0 Å². The van der Waals surface area contributed by atoms with Crippen LogP contribution in [0.5, 0.6) is 11.5 Å². The Morgan fingerprint density at radius 3 is 3.00 bits per heavy atom. The van der Waals surface area contributed by atoms with Gasteiger partial charge in [0.1, 0.15) is 6.61 Å². The maximum Gasteiger partial charge on any atom is 0.317 e. The van der Waals surface area contributed by atoms with Crippen molar-refractivity contribution >= 4 is 6.03 Å². The molecule has 0 unspecified atom stereocenters. The SMILES string of the molecule is O=C(NC[C@H]1COc2ccccc2O1)N1CCC[C@@H](O)C1. The summed E-state index contributed by atoms with van der Waals surface area (Å²) in [6.07, 6.45) is 0.995. The minimum atomic E-state index is -0.411. The van der Waals surface area contributed by atoms with Crippen molar-refractivity contribution in [2.45, 2.75) is 25.0 Å². The molecule has 1 aromatic carbocycles. The third-order valence-corrected chi connectivity index (χ3v) is 3.73. The second kappa shape index (κ2) is 6.22. The number of piperidine rings is 1. The summed E-state index contributed by atoms with van der Waals surface area (Å²) in [5, 5.41) is 12.4. The molecular weight excluding hydrogens is 272 g/mol. The van der Waals surface area contributed by atoms with Gasteiger partial charge in [-0.05, 0) is 25.0 Å². The third-order valence-electron chi connectivity index (χ3n) is 3.73. The fourth-order valence-electron chi connectivity index (χ4n) is 2.62. The van der Waals surface area contributed by atoms with Crippen LogP contribution in [0.25, 0.3) is 0 Å². The topological polar surface area (TPSA) is 71.0 Å². The van der Waals surface area contributed by atoms with Crippen LogP contribution in [0, 0.1) is 0 Å². The molecule has 2 heterocycles. The lowest BCUT2D eigenvalue weighted by Gasteiger charge is -2.31. The van der Waals surface area contributed by atoms with Gasteiger partial charge in [-0.2, -0.15) is 0 Å². The number of benzene rings is 1. The predicted octanol–water partition coefficient (Wildman–Crippen LogP) is 0.993. The first-order valence-corrected chi connectivity index (χ1v) is 7.31. The second-order valence-corrected chi connectivity index (χ2v) is 5.43. The van der Waals surface area contributed by atoms with Crippen molar-refractivity contribution in [2.75, 3.05) is 26.2 Å². The second-order valence-electron chi connectivity index (χ2n) is 5.43. The number of ether oxygens (including phenoxy) is 2. The number of hydrogen-bond acceptors (Lipinski definition) is 4. The van der Waals surface area contributed by atoms with E-state index in [1.165, 1.54) is 0 Å². The average Bonchev–Trinajstić information content (AvgIpc) is 2.52. The Hall–Kier alpha value is -1.95. The highest BCUT2D eigenvalue weighted by Gasteiger charge is 2.24. The molecule has 2 atom stereocenters. The van der Waals surface area contributed by atoms with Gasteiger partial charge in [0.2, 0.25) is 0 Å². The Labute approximate surface area is 123 Å². The zero-order valence-electron chi connectivity index (χ0n) is 11.8. The molecule has 6 nitrogen and oxygen atoms in total. The fourth-order valence-corrected chi connectivity index (χ4v) is 2.62. The lowest BCUT2D eigenvalue weighted by atomic mass is 10.1. The quantitative estimate of drug-likeness (QED) is 0.853. The van der Waals surface area contributed by atoms with E-state index >= 15 is 0 Å². The van der Waals surface area contributed by atoms with Crippen molar-refractivity contribution in [3.8, 4) is 11.5 Å². The fraction of sp³-hybridized carbons (Fsp3) is 0.533. The van der Waals surface area contributed by atoms with Gasteiger partial charge < -0.3 is 24.8 Å². The number of aliphatic hydroxyl groups is 1. The summed E-state index contributed by atoms with van der Waals surface area (Å²) in [6.45, 7) is 1.89. The van der Waals surface area contributed by atoms with Gasteiger partial charge >= 0.3 is 6.03 Å². The van der Waals surface area contributed by atoms with Crippen LogP contribution in [0.2, 0.25) is 0 Å². The number of urea groups is 1. The van der Waals surface area contributed by atoms with E-state index < -0.39 is 6.10 Å². The molecule has 114 valence electrons. The van der Waals surface area contributed by atoms with Crippen molar-refractivity contribution < 1.29 is 19.4 Å². The molecule has 1 fully saturated rings. The minimum absolute atomic E-state index is 0.156. The van der Waals surface area contributed by atoms with Crippen LogP contribution in [-0.2, 0) is 0 Å². The number of rotatable bonds is 2. The number of fused-ring (bicyclic) bond motifs is 1. The van der Waals surface area contributed by atoms with Crippen LogP contribution in [0.15, 0.2) is 24.3 Å². The number of nitrogens with one attached hydrogen (secondary N) is 1. The molecule has 1 saturated heterocycles. The molecule has 2 aliphatic heterocycles. The van der Waals surface area contributed by atoms with E-state index in [9.17, 15) is 9.90 Å². The molecule has 2 amide bonds. The number of nitrogens with zero attached hydrogens (tertiary/aromatic N) is 1. The lowest BCUT2D eigenvalue weighted by Crippen LogP contribution is -2.50. The van der Waals surface area contributed by atoms with Crippen LogP contribution in [0.4, 0.5) is 4.79 Å². The van der Waals surface area contributed by atoms with Gasteiger partial charge in [-0.25, -0.2) is 4.79 Å². The number of β-amino-alcohol motifs (C(OH)–C–C–N with tert-alkyl or cyclic N) is 1. The van der Waals surface area contributed by atoms with Gasteiger partial charge in [-0.15, -0.1) is 0 Å². The molecule has 21 heavy (non-hydrogen) atoms. The number of carbonyl (C=O) groups is 1. The zero-order chi connectivity index (χ0) is 14.7. The van der Waals surface area contributed by atoms with E-state index in [1.54, 1.807) is 4.90 Å². The number of para-hydroxylation sites is 2. The Morgan fingerprint density at radius 2 is 2.19 bits per heavy atom. The van der Waals surface area contributed by atoms with E-state index in [4.69, 9.17) is 9.47 Å². The molecule has 0 bridgehead atoms. The maximum absolute atomic E-state index is 12.0. The van der Waals surface area contributed by atoms with Crippen LogP contribution < -0.4 is 14.8 Å². The van der Waals surface area contributed by atoms with E-state index in [1.807, 2.05) is 24.3 Å². The van der Waals surface area contributed by atoms with Crippen LogP contribution in [0.1, 0.15) is 12.8 Å². The summed E-state index contributed by atoms with van der Waals surface area (Å²) in [5.41, 5.74) is 0. The molecule has 0 saturated carbocycles. The smallest absolute Gasteiger partial charge is 0.317 e. The summed E-state index contributed by atoms with van der Waals surface area (Å²) in [5.74, 6) is 1.44. The van der Waals surface area contributed by atoms with Gasteiger partial charge in [0.15, 0.2) is 17.6 Å². The van der Waals surface area contributed by atoms with E-state index in [0.29, 0.717) is 32.0 Å². The molecule has 2 aliphatic rings. The monoisotopic (exact) mass is 292 g/mol. The van der Waals surface area contributed by atoms with E-state index in [-0.39, 0.29) is 12.1 Å². The first kappa shape index (κ1) is 14.0. The first-order chi connectivity index (χ1) is 10.2. The van der Waals surface area contributed by atoms with Gasteiger partial charge in [-0.1, -0.05) is 12.1 Å². The van der Waals surface area contributed by atoms with E-state index in [0.717, 1.165) is 18.6 Å². The van der Waals surface area contributed by atoms with Gasteiger partial charge in [0, 0.05) is 13.1 Å². The Balaban J connectivity index is 1.49. The van der Waals surface area contributed by atoms with Gasteiger partial charge in [0.05, 0.1) is 12.6 Å². The number of amides is 2. The Bertz CT molecular complexity index is 508. The molecule has 6 heteroatoms. The van der Waals surface area contributed by atoms with Crippen molar-refractivity contribution in [3.63, 3.8) is 0 Å². The normalized spacial score (nSPS) is 24.5. The Kier molecular flexibility index (Phi) is 4.15. The largest absolute Gasteiger partial charge is 0.486 e. The number of carbonyl (C=O) groups excluding carboxylic acids is 1. The number of aliphatic hydroxyl groups excluding tert-OH is 1. The highest BCUT2D eigenvalue weighted by atomic mass is 16.6. The standard InChI is InChI=1S/C15H20N2O4/c18-11-4-3-7-17(9-11)15(19)16-8-12-10-20-13-5-1-2-6-14(13)21-12/h1-2,5-6,11-12,18H,3-4,7-10H2,(H,16,19)/t11-,12+/m1/s1. The maximum atomic E-state index is 12.0. The molecule has 2 N–H and O–H groups in total.